The first-order chi connectivity index (χ1) is 14.7. The van der Waals surface area contributed by atoms with Crippen molar-refractivity contribution in [2.75, 3.05) is 14.1 Å². The minimum Gasteiger partial charge on any atom is -0.459 e. The Bertz CT molecular complexity index is 878. The van der Waals surface area contributed by atoms with Gasteiger partial charge in [0.25, 0.3) is 0 Å². The second kappa shape index (κ2) is 10.1. The average molecular weight is 431 g/mol. The van der Waals surface area contributed by atoms with Crippen molar-refractivity contribution in [3.8, 4) is 0 Å². The minimum absolute atomic E-state index is 0.117. The van der Waals surface area contributed by atoms with Crippen LogP contribution in [0.5, 0.6) is 0 Å². The maximum Gasteiger partial charge on any atom is 0.416 e. The Morgan fingerprint density at radius 3 is 2.16 bits per heavy atom. The van der Waals surface area contributed by atoms with E-state index in [4.69, 9.17) is 4.74 Å². The third kappa shape index (κ3) is 6.96. The highest BCUT2D eigenvalue weighted by Gasteiger charge is 2.29. The lowest BCUT2D eigenvalue weighted by Gasteiger charge is -2.28. The monoisotopic (exact) mass is 431 g/mol. The summed E-state index contributed by atoms with van der Waals surface area (Å²) < 4.78 is 43.3. The minimum atomic E-state index is -4.37. The number of benzene rings is 2. The molecule has 0 amide bonds. The van der Waals surface area contributed by atoms with Gasteiger partial charge in [-0.05, 0) is 80.6 Å². The smallest absolute Gasteiger partial charge is 0.416 e. The molecule has 3 nitrogen and oxygen atoms in total. The molecule has 0 radical (unpaired) electrons. The number of halogens is 3. The Labute approximate surface area is 181 Å². The van der Waals surface area contributed by atoms with Gasteiger partial charge in [-0.1, -0.05) is 36.4 Å². The van der Waals surface area contributed by atoms with Crippen LogP contribution in [-0.4, -0.2) is 31.1 Å². The largest absolute Gasteiger partial charge is 0.459 e. The Morgan fingerprint density at radius 1 is 1.00 bits per heavy atom. The number of carbonyl (C=O) groups excluding carboxylic acids is 1. The zero-order chi connectivity index (χ0) is 22.4. The van der Waals surface area contributed by atoms with E-state index in [2.05, 4.69) is 43.3 Å². The SMILES string of the molecule is CN(C)Cc1ccc(C2CCC(OC(=O)C=Cc3ccc(C(F)(F)F)cc3)CC2)cc1. The van der Waals surface area contributed by atoms with Gasteiger partial charge in [0, 0.05) is 12.6 Å². The van der Waals surface area contributed by atoms with Gasteiger partial charge in [-0.15, -0.1) is 0 Å². The maximum atomic E-state index is 12.6. The van der Waals surface area contributed by atoms with Gasteiger partial charge in [0.2, 0.25) is 0 Å². The molecular formula is C25H28F3NO2. The lowest BCUT2D eigenvalue weighted by Crippen LogP contribution is -2.23. The van der Waals surface area contributed by atoms with Crippen molar-refractivity contribution in [3.05, 3.63) is 76.9 Å². The normalized spacial score (nSPS) is 19.7. The summed E-state index contributed by atoms with van der Waals surface area (Å²) in [6.45, 7) is 0.920. The van der Waals surface area contributed by atoms with Crippen LogP contribution < -0.4 is 0 Å². The highest BCUT2D eigenvalue weighted by molar-refractivity contribution is 5.87. The summed E-state index contributed by atoms with van der Waals surface area (Å²) in [5.41, 5.74) is 2.42. The number of alkyl halides is 3. The summed E-state index contributed by atoms with van der Waals surface area (Å²) in [5, 5.41) is 0. The summed E-state index contributed by atoms with van der Waals surface area (Å²) in [5.74, 6) is 0.0161. The molecule has 0 aliphatic heterocycles. The van der Waals surface area contributed by atoms with E-state index < -0.39 is 17.7 Å². The molecule has 6 heteroatoms. The zero-order valence-corrected chi connectivity index (χ0v) is 17.9. The van der Waals surface area contributed by atoms with Crippen LogP contribution in [0.3, 0.4) is 0 Å². The molecule has 1 aliphatic carbocycles. The number of rotatable bonds is 6. The molecule has 0 aromatic heterocycles. The molecule has 2 aromatic rings. The Kier molecular flexibility index (Phi) is 7.55. The van der Waals surface area contributed by atoms with Gasteiger partial charge >= 0.3 is 12.1 Å². The van der Waals surface area contributed by atoms with Crippen molar-refractivity contribution in [1.29, 1.82) is 0 Å². The highest BCUT2D eigenvalue weighted by atomic mass is 19.4. The van der Waals surface area contributed by atoms with Gasteiger partial charge in [0.05, 0.1) is 5.56 Å². The van der Waals surface area contributed by atoms with E-state index in [1.54, 1.807) is 0 Å². The van der Waals surface area contributed by atoms with Gasteiger partial charge in [-0.2, -0.15) is 13.2 Å². The molecule has 2 aromatic carbocycles. The Morgan fingerprint density at radius 2 is 1.61 bits per heavy atom. The second-order valence-electron chi connectivity index (χ2n) is 8.34. The molecule has 0 N–H and O–H groups in total. The molecule has 0 saturated heterocycles. The number of hydrogen-bond donors (Lipinski definition) is 0. The topological polar surface area (TPSA) is 29.5 Å². The summed E-state index contributed by atoms with van der Waals surface area (Å²) in [6.07, 6.45) is 1.82. The fourth-order valence-electron chi connectivity index (χ4n) is 3.93. The van der Waals surface area contributed by atoms with Crippen molar-refractivity contribution in [2.45, 2.75) is 50.4 Å². The van der Waals surface area contributed by atoms with Crippen LogP contribution in [0.2, 0.25) is 0 Å². The standard InChI is InChI=1S/C25H28F3NO2/c1-29(2)17-19-3-8-20(9-4-19)21-10-14-23(15-11-21)31-24(30)16-7-18-5-12-22(13-6-18)25(26,27)28/h3-9,12-13,16,21,23H,10-11,14-15,17H2,1-2H3. The maximum absolute atomic E-state index is 12.6. The third-order valence-electron chi connectivity index (χ3n) is 5.56. The second-order valence-corrected chi connectivity index (χ2v) is 8.34. The van der Waals surface area contributed by atoms with Crippen molar-refractivity contribution in [1.82, 2.24) is 4.90 Å². The van der Waals surface area contributed by atoms with Crippen LogP contribution in [0.4, 0.5) is 13.2 Å². The lowest BCUT2D eigenvalue weighted by molar-refractivity contribution is -0.144. The van der Waals surface area contributed by atoms with Crippen LogP contribution in [0, 0.1) is 0 Å². The van der Waals surface area contributed by atoms with E-state index in [0.29, 0.717) is 11.5 Å². The highest BCUT2D eigenvalue weighted by Crippen LogP contribution is 2.34. The van der Waals surface area contributed by atoms with E-state index in [1.165, 1.54) is 35.4 Å². The Balaban J connectivity index is 1.46. The fraction of sp³-hybridized carbons (Fsp3) is 0.400. The third-order valence-corrected chi connectivity index (χ3v) is 5.56. The first kappa shape index (κ1) is 23.1. The van der Waals surface area contributed by atoms with Crippen LogP contribution in [0.1, 0.15) is 53.9 Å². The van der Waals surface area contributed by atoms with Crippen LogP contribution in [0.15, 0.2) is 54.6 Å². The zero-order valence-electron chi connectivity index (χ0n) is 17.9. The van der Waals surface area contributed by atoms with E-state index in [-0.39, 0.29) is 6.10 Å². The molecular weight excluding hydrogens is 403 g/mol. The van der Waals surface area contributed by atoms with Crippen molar-refractivity contribution < 1.29 is 22.7 Å². The summed E-state index contributed by atoms with van der Waals surface area (Å²) in [6, 6.07) is 13.4. The average Bonchev–Trinajstić information content (AvgIpc) is 2.73. The van der Waals surface area contributed by atoms with Gasteiger partial charge in [-0.25, -0.2) is 4.79 Å². The summed E-state index contributed by atoms with van der Waals surface area (Å²) >= 11 is 0. The molecule has 1 saturated carbocycles. The van der Waals surface area contributed by atoms with E-state index in [0.717, 1.165) is 44.4 Å². The summed E-state index contributed by atoms with van der Waals surface area (Å²) in [7, 11) is 4.10. The van der Waals surface area contributed by atoms with Gasteiger partial charge in [-0.3, -0.25) is 0 Å². The van der Waals surface area contributed by atoms with E-state index >= 15 is 0 Å². The molecule has 1 fully saturated rings. The van der Waals surface area contributed by atoms with E-state index in [1.807, 2.05) is 0 Å². The molecule has 31 heavy (non-hydrogen) atoms. The first-order valence-corrected chi connectivity index (χ1v) is 10.5. The van der Waals surface area contributed by atoms with Crippen LogP contribution >= 0.6 is 0 Å². The Hall–Kier alpha value is -2.60. The van der Waals surface area contributed by atoms with Gasteiger partial charge in [0.1, 0.15) is 6.10 Å². The van der Waals surface area contributed by atoms with Crippen LogP contribution in [-0.2, 0) is 22.3 Å². The fourth-order valence-corrected chi connectivity index (χ4v) is 3.93. The van der Waals surface area contributed by atoms with Crippen molar-refractivity contribution in [2.24, 2.45) is 0 Å². The predicted molar refractivity (Wildman–Crippen MR) is 115 cm³/mol. The van der Waals surface area contributed by atoms with Crippen molar-refractivity contribution >= 4 is 12.0 Å². The predicted octanol–water partition coefficient (Wildman–Crippen LogP) is 6.05. The molecule has 0 unspecified atom stereocenters. The van der Waals surface area contributed by atoms with Gasteiger partial charge in [0.15, 0.2) is 0 Å². The number of carbonyl (C=O) groups is 1. The number of esters is 1. The number of hydrogen-bond acceptors (Lipinski definition) is 3. The van der Waals surface area contributed by atoms with E-state index in [9.17, 15) is 18.0 Å². The number of nitrogens with zero attached hydrogens (tertiary/aromatic N) is 1. The molecule has 166 valence electrons. The first-order valence-electron chi connectivity index (χ1n) is 10.5. The molecule has 3 rings (SSSR count). The molecule has 0 heterocycles. The van der Waals surface area contributed by atoms with Crippen molar-refractivity contribution in [3.63, 3.8) is 0 Å². The molecule has 1 aliphatic rings. The van der Waals surface area contributed by atoms with Crippen LogP contribution in [0.25, 0.3) is 6.08 Å². The molecule has 0 atom stereocenters. The molecule has 0 bridgehead atoms. The number of ether oxygens (including phenoxy) is 1. The quantitative estimate of drug-likeness (QED) is 0.412. The lowest BCUT2D eigenvalue weighted by atomic mass is 9.82. The van der Waals surface area contributed by atoms with Gasteiger partial charge < -0.3 is 9.64 Å². The molecule has 0 spiro atoms. The summed E-state index contributed by atoms with van der Waals surface area (Å²) in [4.78, 5) is 14.2.